The van der Waals surface area contributed by atoms with E-state index in [0.717, 1.165) is 0 Å². The fourth-order valence-electron chi connectivity index (χ4n) is 9.30. The number of benzene rings is 3. The van der Waals surface area contributed by atoms with Crippen molar-refractivity contribution in [1.29, 1.82) is 0 Å². The quantitative estimate of drug-likeness (QED) is 0.0187. The molecule has 4 aromatic rings. The van der Waals surface area contributed by atoms with Gasteiger partial charge in [-0.05, 0) is 69.7 Å². The molecule has 1 heterocycles. The average molecular weight is 1570 g/mol. The van der Waals surface area contributed by atoms with Crippen LogP contribution >= 0.6 is 0 Å². The van der Waals surface area contributed by atoms with Crippen LogP contribution in [0.4, 0.5) is 149 Å². The standard InChI is InChI=1S/C60H57F34NO8/c1-34(2)43(96)101-29-17-9-7-5-3-4-6-8-16-26-98-40-32-35(44(97)102-30-31-103-95-38-22-12-10-20-36(38)37-21-11-13-23-39(37)95)33-41(99-27-18-14-24-45(61,62)47(65,66)49(69,70)51(73,74)53(77,78)55(81,82)57(85,86)59(89,90)91)42(40)100-28-19-15-25-46(63,64)48(67,68)50(71,72)52(75,76)54(79,80)56(83,84)58(87,88)60(92,93)94/h10-13,20-23,32-33H,1,3-9,14-19,24-31H2,2H3. The van der Waals surface area contributed by atoms with Crippen LogP contribution < -0.4 is 19.0 Å². The number of esters is 2. The van der Waals surface area contributed by atoms with Gasteiger partial charge in [0.05, 0.1) is 43.0 Å². The van der Waals surface area contributed by atoms with E-state index in [1.165, 1.54) is 11.7 Å². The summed E-state index contributed by atoms with van der Waals surface area (Å²) in [6.07, 6.45) is -23.9. The number of nitrogens with zero attached hydrogens (tertiary/aromatic N) is 1. The molecule has 0 N–H and O–H groups in total. The Bertz CT molecular complexity index is 3440. The summed E-state index contributed by atoms with van der Waals surface area (Å²) in [7, 11) is 0. The molecule has 0 fully saturated rings. The number of ether oxygens (including phenoxy) is 5. The predicted molar refractivity (Wildman–Crippen MR) is 290 cm³/mol. The summed E-state index contributed by atoms with van der Waals surface area (Å²) >= 11 is 0. The van der Waals surface area contributed by atoms with Gasteiger partial charge in [-0.2, -0.15) is 154 Å². The Hall–Kier alpha value is -7.04. The maximum atomic E-state index is 14.9. The Kier molecular flexibility index (Phi) is 27.4. The number of carbonyl (C=O) groups is 2. The molecule has 0 aliphatic rings. The van der Waals surface area contributed by atoms with Crippen LogP contribution in [0.2, 0.25) is 0 Å². The van der Waals surface area contributed by atoms with E-state index in [1.807, 2.05) is 0 Å². The van der Waals surface area contributed by atoms with Crippen molar-refractivity contribution in [2.75, 3.05) is 39.6 Å². The molecule has 0 aliphatic carbocycles. The summed E-state index contributed by atoms with van der Waals surface area (Å²) in [5.41, 5.74) is 0.379. The summed E-state index contributed by atoms with van der Waals surface area (Å²) in [6, 6.07) is 14.5. The Morgan fingerprint density at radius 1 is 0.350 bits per heavy atom. The van der Waals surface area contributed by atoms with Gasteiger partial charge in [-0.1, -0.05) is 87.9 Å². The molecular weight excluding hydrogens is 1510 g/mol. The minimum atomic E-state index is -8.95. The third kappa shape index (κ3) is 17.3. The van der Waals surface area contributed by atoms with Crippen molar-refractivity contribution in [3.05, 3.63) is 78.4 Å². The smallest absolute Gasteiger partial charge is 0.460 e. The predicted octanol–water partition coefficient (Wildman–Crippen LogP) is 21.2. The molecule has 0 bridgehead atoms. The maximum absolute atomic E-state index is 14.9. The summed E-state index contributed by atoms with van der Waals surface area (Å²) in [5, 5.41) is 1.34. The first-order valence-electron chi connectivity index (χ1n) is 29.8. The minimum absolute atomic E-state index is 0.0176. The van der Waals surface area contributed by atoms with Gasteiger partial charge in [0.25, 0.3) is 0 Å². The first kappa shape index (κ1) is 88.4. The van der Waals surface area contributed by atoms with Crippen LogP contribution in [0.1, 0.15) is 114 Å². The van der Waals surface area contributed by atoms with Crippen molar-refractivity contribution in [1.82, 2.24) is 4.73 Å². The van der Waals surface area contributed by atoms with Crippen molar-refractivity contribution >= 4 is 33.7 Å². The number of para-hydroxylation sites is 2. The highest BCUT2D eigenvalue weighted by Crippen LogP contribution is 2.67. The van der Waals surface area contributed by atoms with Gasteiger partial charge in [0.15, 0.2) is 11.5 Å². The highest BCUT2D eigenvalue weighted by Gasteiger charge is 2.97. The van der Waals surface area contributed by atoms with Crippen LogP contribution in [0.15, 0.2) is 72.8 Å². The molecule has 43 heteroatoms. The van der Waals surface area contributed by atoms with E-state index in [1.54, 1.807) is 48.5 Å². The zero-order valence-corrected chi connectivity index (χ0v) is 52.4. The van der Waals surface area contributed by atoms with Crippen LogP contribution in [0, 0.1) is 0 Å². The zero-order chi connectivity index (χ0) is 79.1. The molecule has 0 aliphatic heterocycles. The van der Waals surface area contributed by atoms with Crippen LogP contribution in [0.5, 0.6) is 17.2 Å². The van der Waals surface area contributed by atoms with Crippen LogP contribution in [-0.4, -0.2) is 152 Å². The van der Waals surface area contributed by atoms with E-state index in [-0.39, 0.29) is 25.0 Å². The largest absolute Gasteiger partial charge is 0.490 e. The Balaban J connectivity index is 1.68. The number of aromatic nitrogens is 1. The molecule has 0 saturated heterocycles. The second-order valence-corrected chi connectivity index (χ2v) is 23.0. The highest BCUT2D eigenvalue weighted by molar-refractivity contribution is 6.07. The normalized spacial score (nSPS) is 14.3. The average Bonchev–Trinajstić information content (AvgIpc) is 1.22. The van der Waals surface area contributed by atoms with E-state index in [4.69, 9.17) is 28.5 Å². The molecule has 103 heavy (non-hydrogen) atoms. The summed E-state index contributed by atoms with van der Waals surface area (Å²) in [4.78, 5) is 31.1. The fourth-order valence-corrected chi connectivity index (χ4v) is 9.30. The van der Waals surface area contributed by atoms with Crippen molar-refractivity contribution < 1.29 is 187 Å². The molecule has 3 aromatic carbocycles. The summed E-state index contributed by atoms with van der Waals surface area (Å²) in [5.74, 6) is -122. The van der Waals surface area contributed by atoms with Gasteiger partial charge in [0, 0.05) is 29.2 Å². The second kappa shape index (κ2) is 32.0. The summed E-state index contributed by atoms with van der Waals surface area (Å²) < 4.78 is 502. The number of unbranched alkanes of at least 4 members (excludes halogenated alkanes) is 10. The van der Waals surface area contributed by atoms with Crippen molar-refractivity contribution in [2.45, 2.75) is 199 Å². The van der Waals surface area contributed by atoms with Gasteiger partial charge in [-0.25, -0.2) is 9.59 Å². The fraction of sp³-hybridized carbons (Fsp3) is 0.633. The molecule has 0 unspecified atom stereocenters. The number of rotatable bonds is 43. The lowest BCUT2D eigenvalue weighted by Crippen LogP contribution is -2.74. The van der Waals surface area contributed by atoms with E-state index < -0.39 is 202 Å². The monoisotopic (exact) mass is 1570 g/mol. The molecule has 4 rings (SSSR count). The third-order valence-electron chi connectivity index (χ3n) is 15.3. The number of halogens is 34. The highest BCUT2D eigenvalue weighted by atomic mass is 19.4. The van der Waals surface area contributed by atoms with Gasteiger partial charge in [-0.3, -0.25) is 0 Å². The van der Waals surface area contributed by atoms with Crippen LogP contribution in [-0.2, 0) is 14.3 Å². The lowest BCUT2D eigenvalue weighted by atomic mass is 9.88. The van der Waals surface area contributed by atoms with Crippen LogP contribution in [0.3, 0.4) is 0 Å². The van der Waals surface area contributed by atoms with Gasteiger partial charge in [0.2, 0.25) is 5.75 Å². The number of hydrogen-bond acceptors (Lipinski definition) is 8. The number of carbonyl (C=O) groups excluding carboxylic acids is 2. The first-order chi connectivity index (χ1) is 46.7. The number of alkyl halides is 34. The molecule has 0 radical (unpaired) electrons. The SMILES string of the molecule is C=C(C)C(=O)OCCCCCCCCCCCOc1cc(C(=O)OCCOn2c3ccccc3c3ccccc32)cc(OCCCCC(F)(F)C(F)(F)C(F)(F)C(F)(F)C(F)(F)C(F)(F)C(F)(F)C(F)(F)F)c1OCCCCC(F)(F)C(F)(F)C(F)(F)C(F)(F)C(F)(F)C(F)(F)C(F)(F)C(F)(F)F. The van der Waals surface area contributed by atoms with Gasteiger partial charge < -0.3 is 28.5 Å². The van der Waals surface area contributed by atoms with Gasteiger partial charge in [-0.15, -0.1) is 0 Å². The van der Waals surface area contributed by atoms with Crippen molar-refractivity contribution in [3.8, 4) is 17.2 Å². The molecule has 0 saturated carbocycles. The van der Waals surface area contributed by atoms with Crippen LogP contribution in [0.25, 0.3) is 21.8 Å². The molecule has 1 aromatic heterocycles. The molecule has 0 atom stereocenters. The van der Waals surface area contributed by atoms with E-state index >= 15 is 0 Å². The second-order valence-electron chi connectivity index (χ2n) is 23.0. The topological polar surface area (TPSA) is 94.5 Å². The van der Waals surface area contributed by atoms with Gasteiger partial charge >= 0.3 is 107 Å². The van der Waals surface area contributed by atoms with E-state index in [9.17, 15) is 159 Å². The van der Waals surface area contributed by atoms with Crippen molar-refractivity contribution in [3.63, 3.8) is 0 Å². The maximum Gasteiger partial charge on any atom is 0.460 e. The van der Waals surface area contributed by atoms with E-state index in [2.05, 4.69) is 6.58 Å². The molecular formula is C60H57F34NO8. The Morgan fingerprint density at radius 2 is 0.650 bits per heavy atom. The Morgan fingerprint density at radius 3 is 1.00 bits per heavy atom. The number of hydrogen-bond donors (Lipinski definition) is 0. The number of fused-ring (bicyclic) bond motifs is 3. The minimum Gasteiger partial charge on any atom is -0.490 e. The first-order valence-corrected chi connectivity index (χ1v) is 29.8. The zero-order valence-electron chi connectivity index (χ0n) is 52.4. The molecule has 0 amide bonds. The van der Waals surface area contributed by atoms with E-state index in [0.29, 0.717) is 78.9 Å². The van der Waals surface area contributed by atoms with Crippen molar-refractivity contribution in [2.24, 2.45) is 0 Å². The molecule has 9 nitrogen and oxygen atoms in total. The Labute approximate surface area is 558 Å². The van der Waals surface area contributed by atoms with Gasteiger partial charge in [0.1, 0.15) is 13.2 Å². The third-order valence-corrected chi connectivity index (χ3v) is 15.3. The molecule has 0 spiro atoms. The summed E-state index contributed by atoms with van der Waals surface area (Å²) in [6.45, 7) is 0.530. The molecule has 588 valence electrons. The lowest BCUT2D eigenvalue weighted by Gasteiger charge is -2.42. The lowest BCUT2D eigenvalue weighted by molar-refractivity contribution is -0.461.